The molecule has 11 nitrogen and oxygen atoms in total. The number of H-pyrrole nitrogens is 1. The van der Waals surface area contributed by atoms with Crippen LogP contribution in [0, 0.1) is 0 Å². The monoisotopic (exact) mass is 565 g/mol. The molecule has 2 amide bonds. The van der Waals surface area contributed by atoms with E-state index in [-0.39, 0.29) is 16.1 Å². The average molecular weight is 566 g/mol. The number of benzene rings is 2. The number of carbonyl (C=O) groups excluding carboxylic acids is 2. The Morgan fingerprint density at radius 2 is 1.95 bits per heavy atom. The van der Waals surface area contributed by atoms with E-state index < -0.39 is 48.5 Å². The molecule has 1 aromatic heterocycles. The minimum absolute atomic E-state index is 0.142. The molecule has 15 heteroatoms. The zero-order chi connectivity index (χ0) is 28.2. The number of hydrogen-bond donors (Lipinski definition) is 6. The van der Waals surface area contributed by atoms with Gasteiger partial charge in [-0.25, -0.2) is 0 Å². The number of nitrogens with one attached hydrogen (secondary N) is 5. The lowest BCUT2D eigenvalue weighted by Crippen LogP contribution is -2.39. The summed E-state index contributed by atoms with van der Waals surface area (Å²) in [6.07, 6.45) is -2.96. The summed E-state index contributed by atoms with van der Waals surface area (Å²) in [4.78, 5) is 41.1. The maximum Gasteiger partial charge on any atom is 0.416 e. The molecule has 0 radical (unpaired) electrons. The Morgan fingerprint density at radius 3 is 2.64 bits per heavy atom. The highest BCUT2D eigenvalue weighted by Gasteiger charge is 2.32. The van der Waals surface area contributed by atoms with Crippen molar-refractivity contribution >= 4 is 51.9 Å². The molecule has 1 aliphatic heterocycles. The number of anilines is 1. The zero-order valence-corrected chi connectivity index (χ0v) is 20.9. The summed E-state index contributed by atoms with van der Waals surface area (Å²) in [5, 5.41) is 27.5. The van der Waals surface area contributed by atoms with Gasteiger partial charge in [0.15, 0.2) is 5.96 Å². The number of fused-ring (bicyclic) bond motifs is 1. The third kappa shape index (κ3) is 7.16. The van der Waals surface area contributed by atoms with Crippen molar-refractivity contribution in [2.24, 2.45) is 4.99 Å². The van der Waals surface area contributed by atoms with Gasteiger partial charge in [0.05, 0.1) is 42.0 Å². The number of aromatic amines is 1. The smallest absolute Gasteiger partial charge is 0.416 e. The summed E-state index contributed by atoms with van der Waals surface area (Å²) in [5.41, 5.74) is 0.0543. The van der Waals surface area contributed by atoms with E-state index in [4.69, 9.17) is 11.6 Å². The van der Waals surface area contributed by atoms with Crippen LogP contribution in [0.3, 0.4) is 0 Å². The van der Waals surface area contributed by atoms with Crippen LogP contribution in [-0.4, -0.2) is 58.7 Å². The van der Waals surface area contributed by atoms with Gasteiger partial charge in [0.2, 0.25) is 5.91 Å². The number of hydrogen-bond acceptors (Lipinski definition) is 7. The molecule has 0 fully saturated rings. The standard InChI is InChI=1S/C24H23ClF3N7O4/c25-15-5-12(4-14(8-15)24(26,27)28)17(9-21(37)38)33-20(36)11-31-22(39)13-6-18(16-10-32-35-19(16)7-13)34-23-29-2-1-3-30-23/h4-8,10,17H,1-3,9,11H2,(H,31,39)(H,32,35)(H,33,36)(H,37,38)(H2,29,30,34)/t17-/m0/s1. The summed E-state index contributed by atoms with van der Waals surface area (Å²) in [7, 11) is 0. The molecule has 1 aliphatic rings. The second-order valence-electron chi connectivity index (χ2n) is 8.66. The first-order chi connectivity index (χ1) is 18.5. The highest BCUT2D eigenvalue weighted by atomic mass is 35.5. The van der Waals surface area contributed by atoms with Gasteiger partial charge in [-0.2, -0.15) is 18.3 Å². The third-order valence-electron chi connectivity index (χ3n) is 5.74. The molecule has 6 N–H and O–H groups in total. The molecule has 4 rings (SSSR count). The van der Waals surface area contributed by atoms with Gasteiger partial charge >= 0.3 is 12.1 Å². The van der Waals surface area contributed by atoms with Crippen LogP contribution in [0.5, 0.6) is 0 Å². The average Bonchev–Trinajstić information content (AvgIpc) is 3.35. The first-order valence-corrected chi connectivity index (χ1v) is 12.1. The van der Waals surface area contributed by atoms with E-state index in [2.05, 4.69) is 36.5 Å². The molecule has 0 aliphatic carbocycles. The van der Waals surface area contributed by atoms with E-state index in [1.54, 1.807) is 12.3 Å². The zero-order valence-electron chi connectivity index (χ0n) is 20.2. The number of halogens is 4. The predicted octanol–water partition coefficient (Wildman–Crippen LogP) is 3.06. The van der Waals surface area contributed by atoms with Crippen LogP contribution in [0.25, 0.3) is 10.9 Å². The molecule has 0 bridgehead atoms. The molecule has 3 aromatic rings. The van der Waals surface area contributed by atoms with E-state index in [1.807, 2.05) is 0 Å². The fourth-order valence-corrected chi connectivity index (χ4v) is 4.19. The summed E-state index contributed by atoms with van der Waals surface area (Å²) in [6.45, 7) is 0.819. The van der Waals surface area contributed by atoms with Crippen molar-refractivity contribution in [3.8, 4) is 0 Å². The Kier molecular flexibility index (Phi) is 8.24. The fraction of sp³-hybridized carbons (Fsp3) is 0.292. The van der Waals surface area contributed by atoms with Crippen LogP contribution in [0.15, 0.2) is 41.5 Å². The lowest BCUT2D eigenvalue weighted by molar-refractivity contribution is -0.138. The summed E-state index contributed by atoms with van der Waals surface area (Å²) >= 11 is 5.81. The largest absolute Gasteiger partial charge is 0.481 e. The molecule has 0 saturated heterocycles. The number of nitrogens with zero attached hydrogens (tertiary/aromatic N) is 2. The van der Waals surface area contributed by atoms with E-state index in [1.165, 1.54) is 6.07 Å². The van der Waals surface area contributed by atoms with E-state index in [0.717, 1.165) is 25.1 Å². The normalized spacial score (nSPS) is 14.2. The second-order valence-corrected chi connectivity index (χ2v) is 9.10. The summed E-state index contributed by atoms with van der Waals surface area (Å²) in [6, 6.07) is 4.33. The number of amides is 2. The number of alkyl halides is 3. The van der Waals surface area contributed by atoms with Crippen LogP contribution in [-0.2, 0) is 15.8 Å². The Morgan fingerprint density at radius 1 is 1.15 bits per heavy atom. The molecular weight excluding hydrogens is 543 g/mol. The number of carbonyl (C=O) groups is 3. The first kappa shape index (κ1) is 27.7. The molecule has 0 saturated carbocycles. The third-order valence-corrected chi connectivity index (χ3v) is 5.96. The van der Waals surface area contributed by atoms with E-state index in [9.17, 15) is 32.7 Å². The van der Waals surface area contributed by atoms with Gasteiger partial charge in [-0.15, -0.1) is 0 Å². The van der Waals surface area contributed by atoms with Gasteiger partial charge in [-0.05, 0) is 42.3 Å². The Hall–Kier alpha value is -4.33. The van der Waals surface area contributed by atoms with Crippen molar-refractivity contribution in [2.45, 2.75) is 25.1 Å². The van der Waals surface area contributed by atoms with Crippen LogP contribution in [0.4, 0.5) is 18.9 Å². The minimum Gasteiger partial charge on any atom is -0.481 e. The maximum absolute atomic E-state index is 13.2. The van der Waals surface area contributed by atoms with Gasteiger partial charge in [0.25, 0.3) is 5.91 Å². The molecule has 0 spiro atoms. The van der Waals surface area contributed by atoms with Crippen molar-refractivity contribution in [2.75, 3.05) is 25.0 Å². The number of carboxylic acids is 1. The molecule has 39 heavy (non-hydrogen) atoms. The van der Waals surface area contributed by atoms with Crippen molar-refractivity contribution in [3.63, 3.8) is 0 Å². The second kappa shape index (κ2) is 11.6. The quantitative estimate of drug-likeness (QED) is 0.245. The van der Waals surface area contributed by atoms with Gasteiger partial charge in [0, 0.05) is 29.1 Å². The van der Waals surface area contributed by atoms with Crippen molar-refractivity contribution < 1.29 is 32.7 Å². The molecular formula is C24H23ClF3N7O4. The Bertz CT molecular complexity index is 1440. The lowest BCUT2D eigenvalue weighted by atomic mass is 10.0. The molecule has 2 heterocycles. The van der Waals surface area contributed by atoms with Crippen molar-refractivity contribution in [1.82, 2.24) is 26.1 Å². The van der Waals surface area contributed by atoms with Gasteiger partial charge < -0.3 is 26.4 Å². The van der Waals surface area contributed by atoms with Gasteiger partial charge in [-0.1, -0.05) is 11.6 Å². The van der Waals surface area contributed by atoms with Crippen molar-refractivity contribution in [3.05, 3.63) is 58.2 Å². The maximum atomic E-state index is 13.2. The lowest BCUT2D eigenvalue weighted by Gasteiger charge is -2.20. The van der Waals surface area contributed by atoms with Crippen LogP contribution in [0.1, 0.15) is 40.4 Å². The van der Waals surface area contributed by atoms with Crippen LogP contribution < -0.4 is 21.3 Å². The van der Waals surface area contributed by atoms with Crippen LogP contribution >= 0.6 is 11.6 Å². The number of guanidine groups is 1. The van der Waals surface area contributed by atoms with Crippen molar-refractivity contribution in [1.29, 1.82) is 0 Å². The highest BCUT2D eigenvalue weighted by Crippen LogP contribution is 2.34. The number of carboxylic acid groups (broad SMARTS) is 1. The fourth-order valence-electron chi connectivity index (χ4n) is 3.94. The van der Waals surface area contributed by atoms with Crippen LogP contribution in [0.2, 0.25) is 5.02 Å². The number of rotatable bonds is 8. The van der Waals surface area contributed by atoms with E-state index in [0.29, 0.717) is 35.2 Å². The molecule has 0 unspecified atom stereocenters. The topological polar surface area (TPSA) is 161 Å². The molecule has 2 aromatic carbocycles. The number of aromatic nitrogens is 2. The Labute approximate surface area is 224 Å². The molecule has 206 valence electrons. The van der Waals surface area contributed by atoms with Gasteiger partial charge in [0.1, 0.15) is 0 Å². The number of aliphatic imine (C=N–C) groups is 1. The Balaban J connectivity index is 1.46. The molecule has 1 atom stereocenters. The highest BCUT2D eigenvalue weighted by molar-refractivity contribution is 6.30. The SMILES string of the molecule is O=C(O)C[C@H](NC(=O)CNC(=O)c1cc(NC2=NCCCN2)c2cn[nH]c2c1)c1cc(Cl)cc(C(F)(F)F)c1. The van der Waals surface area contributed by atoms with Gasteiger partial charge in [-0.3, -0.25) is 24.5 Å². The number of aliphatic carboxylic acids is 1. The minimum atomic E-state index is -4.73. The van der Waals surface area contributed by atoms with E-state index >= 15 is 0 Å². The summed E-state index contributed by atoms with van der Waals surface area (Å²) in [5.74, 6) is -2.26. The predicted molar refractivity (Wildman–Crippen MR) is 137 cm³/mol. The summed E-state index contributed by atoms with van der Waals surface area (Å²) < 4.78 is 39.6. The first-order valence-electron chi connectivity index (χ1n) is 11.7.